The summed E-state index contributed by atoms with van der Waals surface area (Å²) < 4.78 is 6.71. The Balaban J connectivity index is 1.89. The maximum Gasteiger partial charge on any atom is 0.260 e. The van der Waals surface area contributed by atoms with Crippen LogP contribution < -0.4 is 10.1 Å². The predicted octanol–water partition coefficient (Wildman–Crippen LogP) is 1.56. The first-order valence-corrected chi connectivity index (χ1v) is 5.99. The molecule has 0 saturated heterocycles. The van der Waals surface area contributed by atoms with Gasteiger partial charge in [-0.2, -0.15) is 10.2 Å². The molecule has 0 aliphatic heterocycles. The van der Waals surface area contributed by atoms with E-state index in [1.54, 1.807) is 25.0 Å². The lowest BCUT2D eigenvalue weighted by atomic mass is 10.2. The molecule has 0 unspecified atom stereocenters. The van der Waals surface area contributed by atoms with Gasteiger partial charge in [-0.1, -0.05) is 0 Å². The molecule has 0 aliphatic carbocycles. The molecule has 3 rings (SSSR count). The number of fused-ring (bicyclic) bond motifs is 1. The Morgan fingerprint density at radius 1 is 1.45 bits per heavy atom. The van der Waals surface area contributed by atoms with Crippen LogP contribution in [0.1, 0.15) is 10.4 Å². The average molecular weight is 271 g/mol. The van der Waals surface area contributed by atoms with Gasteiger partial charge in [0, 0.05) is 24.7 Å². The van der Waals surface area contributed by atoms with Crippen molar-refractivity contribution < 1.29 is 9.53 Å². The fourth-order valence-electron chi connectivity index (χ4n) is 1.94. The molecule has 2 N–H and O–H groups in total. The maximum atomic E-state index is 12.0. The number of hydrogen-bond donors (Lipinski definition) is 2. The number of ether oxygens (including phenoxy) is 1. The molecule has 0 radical (unpaired) electrons. The number of methoxy groups -OCH3 is 1. The number of H-pyrrole nitrogens is 1. The number of benzene rings is 1. The number of aromatic nitrogens is 4. The molecule has 0 fully saturated rings. The largest absolute Gasteiger partial charge is 0.497 e. The van der Waals surface area contributed by atoms with Crippen LogP contribution >= 0.6 is 0 Å². The van der Waals surface area contributed by atoms with Crippen LogP contribution in [0.25, 0.3) is 10.9 Å². The molecular formula is C13H13N5O2. The number of carbonyl (C=O) groups is 1. The van der Waals surface area contributed by atoms with Gasteiger partial charge in [-0.3, -0.25) is 14.6 Å². The number of aryl methyl sites for hydroxylation is 1. The van der Waals surface area contributed by atoms with Crippen molar-refractivity contribution in [2.24, 2.45) is 7.05 Å². The highest BCUT2D eigenvalue weighted by molar-refractivity contribution is 6.07. The normalized spacial score (nSPS) is 10.7. The lowest BCUT2D eigenvalue weighted by Gasteiger charge is -2.01. The lowest BCUT2D eigenvalue weighted by molar-refractivity contribution is 0.102. The minimum absolute atomic E-state index is 0.248. The van der Waals surface area contributed by atoms with E-state index in [2.05, 4.69) is 20.6 Å². The highest BCUT2D eigenvalue weighted by Gasteiger charge is 2.12. The number of nitrogens with zero attached hydrogens (tertiary/aromatic N) is 3. The van der Waals surface area contributed by atoms with E-state index in [1.807, 2.05) is 18.2 Å². The van der Waals surface area contributed by atoms with Crippen molar-refractivity contribution in [1.29, 1.82) is 0 Å². The topological polar surface area (TPSA) is 84.8 Å². The zero-order valence-corrected chi connectivity index (χ0v) is 11.0. The molecule has 0 saturated carbocycles. The molecule has 0 aliphatic rings. The molecule has 2 aromatic heterocycles. The van der Waals surface area contributed by atoms with Gasteiger partial charge >= 0.3 is 0 Å². The number of carbonyl (C=O) groups excluding carboxylic acids is 1. The maximum absolute atomic E-state index is 12.0. The molecule has 7 heteroatoms. The number of nitrogens with one attached hydrogen (secondary N) is 2. The van der Waals surface area contributed by atoms with Crippen molar-refractivity contribution in [2.75, 3.05) is 12.4 Å². The Kier molecular flexibility index (Phi) is 2.86. The first-order valence-electron chi connectivity index (χ1n) is 5.99. The summed E-state index contributed by atoms with van der Waals surface area (Å²) >= 11 is 0. The Bertz CT molecular complexity index is 774. The third-order valence-electron chi connectivity index (χ3n) is 2.97. The number of amides is 1. The van der Waals surface area contributed by atoms with Gasteiger partial charge in [0.05, 0.1) is 24.4 Å². The quantitative estimate of drug-likeness (QED) is 0.757. The summed E-state index contributed by atoms with van der Waals surface area (Å²) in [6.07, 6.45) is 3.15. The fourth-order valence-corrected chi connectivity index (χ4v) is 1.94. The zero-order chi connectivity index (χ0) is 14.1. The molecule has 2 heterocycles. The van der Waals surface area contributed by atoms with E-state index in [1.165, 1.54) is 6.20 Å². The van der Waals surface area contributed by atoms with Gasteiger partial charge in [0.2, 0.25) is 0 Å². The number of rotatable bonds is 3. The summed E-state index contributed by atoms with van der Waals surface area (Å²) in [5, 5.41) is 14.5. The Morgan fingerprint density at radius 3 is 3.00 bits per heavy atom. The van der Waals surface area contributed by atoms with Gasteiger partial charge < -0.3 is 10.1 Å². The third kappa shape index (κ3) is 2.09. The molecule has 20 heavy (non-hydrogen) atoms. The fraction of sp³-hybridized carbons (Fsp3) is 0.154. The summed E-state index contributed by atoms with van der Waals surface area (Å²) in [5.41, 5.74) is 1.28. The van der Waals surface area contributed by atoms with Crippen LogP contribution in [0.2, 0.25) is 0 Å². The minimum atomic E-state index is -0.248. The van der Waals surface area contributed by atoms with Crippen LogP contribution in [0.4, 0.5) is 5.82 Å². The van der Waals surface area contributed by atoms with Crippen LogP contribution in [-0.2, 0) is 7.05 Å². The van der Waals surface area contributed by atoms with Crippen molar-refractivity contribution in [1.82, 2.24) is 20.0 Å². The smallest absolute Gasteiger partial charge is 0.260 e. The van der Waals surface area contributed by atoms with Crippen molar-refractivity contribution in [3.63, 3.8) is 0 Å². The second kappa shape index (κ2) is 4.69. The molecule has 1 aromatic carbocycles. The molecule has 3 aromatic rings. The van der Waals surface area contributed by atoms with Gasteiger partial charge in [-0.25, -0.2) is 0 Å². The van der Waals surface area contributed by atoms with Crippen molar-refractivity contribution in [3.8, 4) is 5.75 Å². The van der Waals surface area contributed by atoms with Crippen LogP contribution in [0.3, 0.4) is 0 Å². The van der Waals surface area contributed by atoms with E-state index in [4.69, 9.17) is 4.74 Å². The average Bonchev–Trinajstić information content (AvgIpc) is 3.05. The first-order chi connectivity index (χ1) is 9.67. The second-order valence-electron chi connectivity index (χ2n) is 4.34. The van der Waals surface area contributed by atoms with Gasteiger partial charge in [-0.05, 0) is 12.1 Å². The highest BCUT2D eigenvalue weighted by atomic mass is 16.5. The summed E-state index contributed by atoms with van der Waals surface area (Å²) in [6.45, 7) is 0. The van der Waals surface area contributed by atoms with Gasteiger partial charge in [0.25, 0.3) is 5.91 Å². The van der Waals surface area contributed by atoms with Crippen LogP contribution in [0, 0.1) is 0 Å². The molecular weight excluding hydrogens is 258 g/mol. The third-order valence-corrected chi connectivity index (χ3v) is 2.97. The Hall–Kier alpha value is -2.83. The second-order valence-corrected chi connectivity index (χ2v) is 4.34. The standard InChI is InChI=1S/C13H13N5O2/c1-18-7-8(6-14-18)13(19)15-12-10-4-3-9(20-2)5-11(10)16-17-12/h3-7H,1-2H3,(H2,15,16,17,19). The Morgan fingerprint density at radius 2 is 2.30 bits per heavy atom. The summed E-state index contributed by atoms with van der Waals surface area (Å²) in [5.74, 6) is 0.963. The lowest BCUT2D eigenvalue weighted by Crippen LogP contribution is -2.11. The van der Waals surface area contributed by atoms with Crippen LogP contribution in [0.15, 0.2) is 30.6 Å². The van der Waals surface area contributed by atoms with Crippen LogP contribution in [-0.4, -0.2) is 33.0 Å². The van der Waals surface area contributed by atoms with E-state index in [0.717, 1.165) is 16.7 Å². The summed E-state index contributed by atoms with van der Waals surface area (Å²) in [6, 6.07) is 5.48. The van der Waals surface area contributed by atoms with Crippen molar-refractivity contribution in [3.05, 3.63) is 36.2 Å². The number of aromatic amines is 1. The van der Waals surface area contributed by atoms with E-state index in [-0.39, 0.29) is 5.91 Å². The van der Waals surface area contributed by atoms with Gasteiger partial charge in [0.1, 0.15) is 5.75 Å². The van der Waals surface area contributed by atoms with Crippen molar-refractivity contribution in [2.45, 2.75) is 0 Å². The SMILES string of the molecule is COc1ccc2c(NC(=O)c3cnn(C)c3)n[nH]c2c1. The van der Waals surface area contributed by atoms with Gasteiger partial charge in [0.15, 0.2) is 5.82 Å². The minimum Gasteiger partial charge on any atom is -0.497 e. The van der Waals surface area contributed by atoms with E-state index >= 15 is 0 Å². The van der Waals surface area contributed by atoms with E-state index in [9.17, 15) is 4.79 Å². The molecule has 102 valence electrons. The summed E-state index contributed by atoms with van der Waals surface area (Å²) in [7, 11) is 3.36. The molecule has 0 spiro atoms. The highest BCUT2D eigenvalue weighted by Crippen LogP contribution is 2.24. The predicted molar refractivity (Wildman–Crippen MR) is 73.8 cm³/mol. The van der Waals surface area contributed by atoms with Gasteiger partial charge in [-0.15, -0.1) is 0 Å². The Labute approximate surface area is 114 Å². The summed E-state index contributed by atoms with van der Waals surface area (Å²) in [4.78, 5) is 12.0. The zero-order valence-electron chi connectivity index (χ0n) is 11.0. The molecule has 7 nitrogen and oxygen atoms in total. The number of anilines is 1. The van der Waals surface area contributed by atoms with E-state index < -0.39 is 0 Å². The monoisotopic (exact) mass is 271 g/mol. The van der Waals surface area contributed by atoms with Crippen molar-refractivity contribution >= 4 is 22.6 Å². The first kappa shape index (κ1) is 12.2. The molecule has 0 atom stereocenters. The molecule has 0 bridgehead atoms. The molecule has 1 amide bonds. The van der Waals surface area contributed by atoms with E-state index in [0.29, 0.717) is 11.4 Å². The van der Waals surface area contributed by atoms with Crippen LogP contribution in [0.5, 0.6) is 5.75 Å². The number of hydrogen-bond acceptors (Lipinski definition) is 4.